The number of carbonyl (C=O) groups is 1. The first-order chi connectivity index (χ1) is 14.8. The van der Waals surface area contributed by atoms with E-state index in [9.17, 15) is 4.79 Å². The van der Waals surface area contributed by atoms with Crippen LogP contribution in [0.2, 0.25) is 5.02 Å². The van der Waals surface area contributed by atoms with E-state index in [-0.39, 0.29) is 11.0 Å². The summed E-state index contributed by atoms with van der Waals surface area (Å²) in [6, 6.07) is 9.11. The monoisotopic (exact) mass is 588 g/mol. The summed E-state index contributed by atoms with van der Waals surface area (Å²) < 4.78 is 6.77. The molecule has 0 aliphatic carbocycles. The number of carbonyl (C=O) groups excluding carboxylic acids is 1. The van der Waals surface area contributed by atoms with Crippen molar-refractivity contribution in [2.24, 2.45) is 0 Å². The number of methoxy groups -OCH3 is 1. The van der Waals surface area contributed by atoms with Gasteiger partial charge in [-0.15, -0.1) is 0 Å². The number of thiocarbonyl (C=S) groups is 1. The summed E-state index contributed by atoms with van der Waals surface area (Å²) in [7, 11) is 1.51. The molecule has 0 saturated carbocycles. The zero-order valence-corrected chi connectivity index (χ0v) is 21.9. The number of nitrogens with one attached hydrogen (secondary N) is 2. The maximum atomic E-state index is 12.8. The van der Waals surface area contributed by atoms with Crippen molar-refractivity contribution in [3.05, 3.63) is 49.9 Å². The van der Waals surface area contributed by atoms with Crippen LogP contribution >= 0.6 is 55.7 Å². The molecule has 2 N–H and O–H groups in total. The van der Waals surface area contributed by atoms with E-state index in [1.807, 2.05) is 24.3 Å². The summed E-state index contributed by atoms with van der Waals surface area (Å²) in [5.41, 5.74) is 2.00. The number of para-hydroxylation sites is 1. The lowest BCUT2D eigenvalue weighted by Crippen LogP contribution is -2.46. The zero-order valence-electron chi connectivity index (χ0n) is 17.2. The number of likely N-dealkylation sites (N-methyl/N-ethyl adjacent to an activating group) is 1. The second kappa shape index (κ2) is 11.0. The third-order valence-electron chi connectivity index (χ3n) is 5.05. The first kappa shape index (κ1) is 24.3. The molecule has 0 unspecified atom stereocenters. The van der Waals surface area contributed by atoms with Crippen LogP contribution in [-0.2, 0) is 0 Å². The number of amides is 1. The number of hydrogen-bond acceptors (Lipinski definition) is 5. The molecule has 1 heterocycles. The molecule has 0 bridgehead atoms. The van der Waals surface area contributed by atoms with Crippen molar-refractivity contribution in [2.75, 3.05) is 50.1 Å². The first-order valence-electron chi connectivity index (χ1n) is 9.75. The number of anilines is 2. The Labute approximate surface area is 209 Å². The average Bonchev–Trinajstić information content (AvgIpc) is 2.73. The topological polar surface area (TPSA) is 56.8 Å². The van der Waals surface area contributed by atoms with E-state index in [2.05, 4.69) is 59.2 Å². The molecule has 0 atom stereocenters. The predicted molar refractivity (Wildman–Crippen MR) is 138 cm³/mol. The van der Waals surface area contributed by atoms with Crippen LogP contribution < -0.4 is 20.3 Å². The maximum Gasteiger partial charge on any atom is 0.261 e. The minimum atomic E-state index is -0.378. The molecule has 2 aromatic rings. The molecular weight excluding hydrogens is 568 g/mol. The van der Waals surface area contributed by atoms with Gasteiger partial charge in [-0.05, 0) is 59.0 Å². The third-order valence-corrected chi connectivity index (χ3v) is 6.61. The van der Waals surface area contributed by atoms with Gasteiger partial charge in [-0.25, -0.2) is 0 Å². The summed E-state index contributed by atoms with van der Waals surface area (Å²) in [6.07, 6.45) is 0. The fraction of sp³-hybridized carbons (Fsp3) is 0.333. The third kappa shape index (κ3) is 5.90. The minimum Gasteiger partial charge on any atom is -0.495 e. The summed E-state index contributed by atoms with van der Waals surface area (Å²) in [5, 5.41) is 6.69. The Hall–Kier alpha value is -1.39. The van der Waals surface area contributed by atoms with Gasteiger partial charge in [0.25, 0.3) is 5.91 Å². The molecule has 1 saturated heterocycles. The highest BCUT2D eigenvalue weighted by Gasteiger charge is 2.22. The van der Waals surface area contributed by atoms with Gasteiger partial charge in [0.1, 0.15) is 5.75 Å². The lowest BCUT2D eigenvalue weighted by molar-refractivity contribution is 0.0974. The number of hydrogen-bond donors (Lipinski definition) is 2. The van der Waals surface area contributed by atoms with Crippen LogP contribution in [0.1, 0.15) is 17.3 Å². The molecule has 166 valence electrons. The van der Waals surface area contributed by atoms with Crippen LogP contribution in [-0.4, -0.2) is 55.8 Å². The van der Waals surface area contributed by atoms with Crippen LogP contribution in [0.4, 0.5) is 11.4 Å². The summed E-state index contributed by atoms with van der Waals surface area (Å²) in [5.74, 6) is 0.0530. The Balaban J connectivity index is 1.76. The molecule has 31 heavy (non-hydrogen) atoms. The molecule has 0 aromatic heterocycles. The van der Waals surface area contributed by atoms with Gasteiger partial charge in [0.15, 0.2) is 5.11 Å². The zero-order chi connectivity index (χ0) is 22.5. The smallest absolute Gasteiger partial charge is 0.261 e. The quantitative estimate of drug-likeness (QED) is 0.471. The van der Waals surface area contributed by atoms with E-state index in [1.165, 1.54) is 7.11 Å². The summed E-state index contributed by atoms with van der Waals surface area (Å²) >= 11 is 18.8. The van der Waals surface area contributed by atoms with Gasteiger partial charge in [-0.3, -0.25) is 10.1 Å². The van der Waals surface area contributed by atoms with Gasteiger partial charge in [-0.2, -0.15) is 0 Å². The highest BCUT2D eigenvalue weighted by molar-refractivity contribution is 9.11. The number of ether oxygens (including phenoxy) is 1. The molecule has 0 radical (unpaired) electrons. The largest absolute Gasteiger partial charge is 0.495 e. The van der Waals surface area contributed by atoms with E-state index in [4.69, 9.17) is 28.6 Å². The maximum absolute atomic E-state index is 12.8. The normalized spacial score (nSPS) is 14.3. The highest BCUT2D eigenvalue weighted by atomic mass is 79.9. The predicted octanol–water partition coefficient (Wildman–Crippen LogP) is 5.14. The second-order valence-corrected chi connectivity index (χ2v) is 9.52. The van der Waals surface area contributed by atoms with E-state index in [1.54, 1.807) is 6.07 Å². The number of halogens is 3. The van der Waals surface area contributed by atoms with Crippen molar-refractivity contribution in [1.29, 1.82) is 0 Å². The van der Waals surface area contributed by atoms with Crippen LogP contribution in [0, 0.1) is 0 Å². The van der Waals surface area contributed by atoms with Gasteiger partial charge in [0.05, 0.1) is 33.5 Å². The first-order valence-corrected chi connectivity index (χ1v) is 12.1. The standard InChI is InChI=1S/C21H23Br2ClN4O2S/c1-3-27-7-9-28(10-8-27)18-16(24)5-4-6-17(18)25-21(31)26-20(29)14-11-13(22)12-15(23)19(14)30-2/h4-6,11-12H,3,7-10H2,1-2H3,(H2,25,26,29,31). The van der Waals surface area contributed by atoms with E-state index >= 15 is 0 Å². The van der Waals surface area contributed by atoms with Crippen LogP contribution in [0.5, 0.6) is 5.75 Å². The van der Waals surface area contributed by atoms with Crippen molar-refractivity contribution in [2.45, 2.75) is 6.92 Å². The lowest BCUT2D eigenvalue weighted by Gasteiger charge is -2.37. The molecule has 1 amide bonds. The Morgan fingerprint density at radius 3 is 2.58 bits per heavy atom. The van der Waals surface area contributed by atoms with Crippen molar-refractivity contribution >= 4 is 78.1 Å². The highest BCUT2D eigenvalue weighted by Crippen LogP contribution is 2.35. The molecule has 1 fully saturated rings. The molecule has 10 heteroatoms. The Kier molecular flexibility index (Phi) is 8.58. The minimum absolute atomic E-state index is 0.180. The number of rotatable bonds is 5. The van der Waals surface area contributed by atoms with E-state index < -0.39 is 0 Å². The number of nitrogens with zero attached hydrogens (tertiary/aromatic N) is 2. The van der Waals surface area contributed by atoms with Crippen molar-refractivity contribution in [1.82, 2.24) is 10.2 Å². The number of benzene rings is 2. The lowest BCUT2D eigenvalue weighted by atomic mass is 10.2. The molecular formula is C21H23Br2ClN4O2S. The van der Waals surface area contributed by atoms with Gasteiger partial charge in [0.2, 0.25) is 0 Å². The second-order valence-electron chi connectivity index (χ2n) is 6.93. The Bertz CT molecular complexity index is 984. The van der Waals surface area contributed by atoms with Crippen LogP contribution in [0.25, 0.3) is 0 Å². The van der Waals surface area contributed by atoms with Crippen LogP contribution in [0.15, 0.2) is 39.3 Å². The molecule has 1 aliphatic heterocycles. The van der Waals surface area contributed by atoms with Crippen LogP contribution in [0.3, 0.4) is 0 Å². The van der Waals surface area contributed by atoms with E-state index in [0.717, 1.165) is 48.6 Å². The van der Waals surface area contributed by atoms with Crippen molar-refractivity contribution in [3.63, 3.8) is 0 Å². The van der Waals surface area contributed by atoms with Gasteiger partial charge >= 0.3 is 0 Å². The molecule has 6 nitrogen and oxygen atoms in total. The van der Waals surface area contributed by atoms with Crippen molar-refractivity contribution < 1.29 is 9.53 Å². The fourth-order valence-corrected chi connectivity index (χ4v) is 5.37. The van der Waals surface area contributed by atoms with Crippen molar-refractivity contribution in [3.8, 4) is 5.75 Å². The van der Waals surface area contributed by atoms with Gasteiger partial charge < -0.3 is 19.9 Å². The average molecular weight is 591 g/mol. The molecule has 3 rings (SSSR count). The summed E-state index contributed by atoms with van der Waals surface area (Å²) in [6.45, 7) is 6.88. The Morgan fingerprint density at radius 1 is 1.23 bits per heavy atom. The number of piperazine rings is 1. The SMILES string of the molecule is CCN1CCN(c2c(Cl)cccc2NC(=S)NC(=O)c2cc(Br)cc(Br)c2OC)CC1. The molecule has 1 aliphatic rings. The molecule has 0 spiro atoms. The Morgan fingerprint density at radius 2 is 1.94 bits per heavy atom. The van der Waals surface area contributed by atoms with Gasteiger partial charge in [0, 0.05) is 30.7 Å². The summed E-state index contributed by atoms with van der Waals surface area (Å²) in [4.78, 5) is 17.5. The van der Waals surface area contributed by atoms with Gasteiger partial charge in [-0.1, -0.05) is 40.5 Å². The van der Waals surface area contributed by atoms with E-state index in [0.29, 0.717) is 20.8 Å². The molecule has 2 aromatic carbocycles. The fourth-order valence-electron chi connectivity index (χ4n) is 3.49.